The third-order valence-electron chi connectivity index (χ3n) is 2.05. The van der Waals surface area contributed by atoms with Gasteiger partial charge in [-0.05, 0) is 18.3 Å². The Balaban J connectivity index is 2.44. The van der Waals surface area contributed by atoms with E-state index in [1.54, 1.807) is 0 Å². The molecule has 10 heavy (non-hydrogen) atoms. The molecule has 1 rings (SSSR count). The summed E-state index contributed by atoms with van der Waals surface area (Å²) in [6.45, 7) is 6.70. The summed E-state index contributed by atoms with van der Waals surface area (Å²) < 4.78 is 0. The van der Waals surface area contributed by atoms with Gasteiger partial charge in [0.1, 0.15) is 0 Å². The Morgan fingerprint density at radius 2 is 1.80 bits per heavy atom. The molecular weight excluding hydrogens is 122 g/mol. The predicted molar refractivity (Wildman–Crippen MR) is 43.4 cm³/mol. The van der Waals surface area contributed by atoms with E-state index in [0.29, 0.717) is 0 Å². The van der Waals surface area contributed by atoms with Crippen molar-refractivity contribution in [2.45, 2.75) is 20.3 Å². The lowest BCUT2D eigenvalue weighted by Gasteiger charge is -2.32. The zero-order chi connectivity index (χ0) is 7.56. The molecule has 1 nitrogen and oxygen atoms in total. The summed E-state index contributed by atoms with van der Waals surface area (Å²) in [5.74, 6) is 1.56. The maximum Gasteiger partial charge on any atom is 0.0286 e. The third-order valence-corrected chi connectivity index (χ3v) is 2.05. The molecule has 1 heterocycles. The lowest BCUT2D eigenvalue weighted by atomic mass is 9.92. The highest BCUT2D eigenvalue weighted by Crippen LogP contribution is 2.19. The van der Waals surface area contributed by atoms with Gasteiger partial charge in [0.25, 0.3) is 0 Å². The molecule has 0 amide bonds. The van der Waals surface area contributed by atoms with Crippen molar-refractivity contribution in [1.82, 2.24) is 4.90 Å². The number of terminal acetylenes is 1. The molecule has 0 N–H and O–H groups in total. The molecule has 1 saturated heterocycles. The van der Waals surface area contributed by atoms with Crippen molar-refractivity contribution >= 4 is 0 Å². The van der Waals surface area contributed by atoms with Crippen molar-refractivity contribution in [3.05, 3.63) is 0 Å². The van der Waals surface area contributed by atoms with Crippen LogP contribution in [0.4, 0.5) is 0 Å². The van der Waals surface area contributed by atoms with Crippen LogP contribution in [0.25, 0.3) is 0 Å². The largest absolute Gasteiger partial charge is 0.332 e. The highest BCUT2D eigenvalue weighted by atomic mass is 15.1. The number of piperidine rings is 1. The van der Waals surface area contributed by atoms with E-state index in [1.165, 1.54) is 6.42 Å². The Morgan fingerprint density at radius 3 is 2.20 bits per heavy atom. The van der Waals surface area contributed by atoms with E-state index in [1.807, 2.05) is 0 Å². The van der Waals surface area contributed by atoms with Crippen molar-refractivity contribution in [3.63, 3.8) is 0 Å². The Labute approximate surface area is 63.4 Å². The van der Waals surface area contributed by atoms with Gasteiger partial charge in [-0.25, -0.2) is 0 Å². The summed E-state index contributed by atoms with van der Waals surface area (Å²) >= 11 is 0. The van der Waals surface area contributed by atoms with Crippen LogP contribution in [0.2, 0.25) is 0 Å². The van der Waals surface area contributed by atoms with Crippen LogP contribution in [0.5, 0.6) is 0 Å². The molecule has 0 unspecified atom stereocenters. The molecular formula is C9H15N. The average molecular weight is 137 g/mol. The minimum atomic E-state index is 0.778. The molecule has 0 saturated carbocycles. The van der Waals surface area contributed by atoms with Gasteiger partial charge in [-0.15, -0.1) is 0 Å². The topological polar surface area (TPSA) is 3.24 Å². The van der Waals surface area contributed by atoms with E-state index in [2.05, 4.69) is 24.8 Å². The zero-order valence-corrected chi connectivity index (χ0v) is 6.80. The third kappa shape index (κ3) is 1.67. The van der Waals surface area contributed by atoms with Gasteiger partial charge >= 0.3 is 0 Å². The fraction of sp³-hybridized carbons (Fsp3) is 0.778. The molecule has 0 aliphatic carbocycles. The van der Waals surface area contributed by atoms with Crippen LogP contribution in [0.1, 0.15) is 20.3 Å². The summed E-state index contributed by atoms with van der Waals surface area (Å²) in [7, 11) is 0. The molecule has 1 aliphatic rings. The van der Waals surface area contributed by atoms with Crippen molar-refractivity contribution in [1.29, 1.82) is 0 Å². The van der Waals surface area contributed by atoms with Gasteiger partial charge in [-0.1, -0.05) is 20.3 Å². The molecule has 0 aromatic heterocycles. The zero-order valence-electron chi connectivity index (χ0n) is 6.80. The van der Waals surface area contributed by atoms with E-state index >= 15 is 0 Å². The second-order valence-corrected chi connectivity index (χ2v) is 3.48. The fourth-order valence-corrected chi connectivity index (χ4v) is 1.77. The van der Waals surface area contributed by atoms with Crippen molar-refractivity contribution in [2.75, 3.05) is 13.1 Å². The van der Waals surface area contributed by atoms with Gasteiger partial charge < -0.3 is 4.90 Å². The Bertz CT molecular complexity index is 135. The number of hydrogen-bond donors (Lipinski definition) is 0. The first-order valence-corrected chi connectivity index (χ1v) is 3.93. The van der Waals surface area contributed by atoms with E-state index in [4.69, 9.17) is 6.42 Å². The smallest absolute Gasteiger partial charge is 0.0286 e. The van der Waals surface area contributed by atoms with E-state index in [-0.39, 0.29) is 0 Å². The maximum atomic E-state index is 5.30. The van der Waals surface area contributed by atoms with Crippen molar-refractivity contribution < 1.29 is 0 Å². The molecule has 0 spiro atoms. The van der Waals surface area contributed by atoms with Crippen LogP contribution in [0.3, 0.4) is 0 Å². The predicted octanol–water partition coefficient (Wildman–Crippen LogP) is 1.56. The average Bonchev–Trinajstić information content (AvgIpc) is 1.85. The monoisotopic (exact) mass is 137 g/mol. The molecule has 1 aliphatic heterocycles. The van der Waals surface area contributed by atoms with Crippen molar-refractivity contribution in [3.8, 4) is 12.5 Å². The first-order chi connectivity index (χ1) is 4.72. The standard InChI is InChI=1S/C9H15N/c1-4-10-6-8(2)5-9(3)7-10/h1,8-9H,5-7H2,2-3H3/t8-,9+. The lowest BCUT2D eigenvalue weighted by molar-refractivity contribution is 0.203. The lowest BCUT2D eigenvalue weighted by Crippen LogP contribution is -2.35. The molecule has 0 aromatic rings. The molecule has 56 valence electrons. The van der Waals surface area contributed by atoms with Crippen LogP contribution in [-0.2, 0) is 0 Å². The second kappa shape index (κ2) is 2.96. The Kier molecular flexibility index (Phi) is 2.21. The molecule has 0 aromatic carbocycles. The highest BCUT2D eigenvalue weighted by molar-refractivity contribution is 4.89. The van der Waals surface area contributed by atoms with Crippen LogP contribution in [0, 0.1) is 24.3 Å². The highest BCUT2D eigenvalue weighted by Gasteiger charge is 2.19. The second-order valence-electron chi connectivity index (χ2n) is 3.48. The van der Waals surface area contributed by atoms with Gasteiger partial charge in [0.05, 0.1) is 0 Å². The number of hydrogen-bond acceptors (Lipinski definition) is 1. The molecule has 0 bridgehead atoms. The number of nitrogens with zero attached hydrogens (tertiary/aromatic N) is 1. The minimum Gasteiger partial charge on any atom is -0.332 e. The maximum absolute atomic E-state index is 5.30. The Hall–Kier alpha value is -0.640. The summed E-state index contributed by atoms with van der Waals surface area (Å²) in [6.07, 6.45) is 6.64. The van der Waals surface area contributed by atoms with Crippen LogP contribution in [-0.4, -0.2) is 18.0 Å². The normalized spacial score (nSPS) is 33.5. The van der Waals surface area contributed by atoms with Gasteiger partial charge in [-0.3, -0.25) is 0 Å². The SMILES string of the molecule is C#CN1C[C@H](C)C[C@H](C)C1. The van der Waals surface area contributed by atoms with Gasteiger partial charge in [0, 0.05) is 19.1 Å². The first kappa shape index (κ1) is 7.47. The first-order valence-electron chi connectivity index (χ1n) is 3.93. The summed E-state index contributed by atoms with van der Waals surface area (Å²) in [5, 5.41) is 0. The van der Waals surface area contributed by atoms with Crippen LogP contribution in [0.15, 0.2) is 0 Å². The number of rotatable bonds is 0. The van der Waals surface area contributed by atoms with Gasteiger partial charge in [0.2, 0.25) is 0 Å². The summed E-state index contributed by atoms with van der Waals surface area (Å²) in [6, 6.07) is 2.70. The fourth-order valence-electron chi connectivity index (χ4n) is 1.77. The van der Waals surface area contributed by atoms with Gasteiger partial charge in [-0.2, -0.15) is 0 Å². The van der Waals surface area contributed by atoms with E-state index in [0.717, 1.165) is 24.9 Å². The van der Waals surface area contributed by atoms with Crippen LogP contribution < -0.4 is 0 Å². The summed E-state index contributed by atoms with van der Waals surface area (Å²) in [4.78, 5) is 2.08. The quantitative estimate of drug-likeness (QED) is 0.458. The van der Waals surface area contributed by atoms with Crippen molar-refractivity contribution in [2.24, 2.45) is 11.8 Å². The van der Waals surface area contributed by atoms with Gasteiger partial charge in [0.15, 0.2) is 0 Å². The number of likely N-dealkylation sites (tertiary alicyclic amines) is 1. The Morgan fingerprint density at radius 1 is 1.30 bits per heavy atom. The van der Waals surface area contributed by atoms with E-state index in [9.17, 15) is 0 Å². The summed E-state index contributed by atoms with van der Waals surface area (Å²) in [5.41, 5.74) is 0. The minimum absolute atomic E-state index is 0.778. The molecule has 1 fully saturated rings. The molecule has 2 atom stereocenters. The van der Waals surface area contributed by atoms with Crippen LogP contribution >= 0.6 is 0 Å². The molecule has 0 radical (unpaired) electrons. The van der Waals surface area contributed by atoms with E-state index < -0.39 is 0 Å². The molecule has 1 heteroatoms.